The van der Waals surface area contributed by atoms with Crippen molar-refractivity contribution in [2.45, 2.75) is 33.7 Å². The summed E-state index contributed by atoms with van der Waals surface area (Å²) in [5.74, 6) is -0.126. The molecule has 0 aromatic heterocycles. The number of hydrogen-bond acceptors (Lipinski definition) is 6. The Morgan fingerprint density at radius 1 is 1.18 bits per heavy atom. The minimum Gasteiger partial charge on any atom is -0.490 e. The largest absolute Gasteiger partial charge is 0.490 e. The molecule has 0 bridgehead atoms. The molecule has 174 valence electrons. The Labute approximate surface area is 202 Å². The number of thioether (sulfide) groups is 1. The molecular formula is C24H25ClN2O5S. The molecule has 1 fully saturated rings. The van der Waals surface area contributed by atoms with Gasteiger partial charge < -0.3 is 14.8 Å². The van der Waals surface area contributed by atoms with Crippen molar-refractivity contribution in [1.82, 2.24) is 4.90 Å². The molecule has 1 N–H and O–H groups in total. The summed E-state index contributed by atoms with van der Waals surface area (Å²) in [6.07, 6.45) is 1.59. The van der Waals surface area contributed by atoms with Crippen molar-refractivity contribution in [1.29, 1.82) is 0 Å². The number of halogens is 1. The summed E-state index contributed by atoms with van der Waals surface area (Å²) >= 11 is 7.31. The van der Waals surface area contributed by atoms with Crippen LogP contribution >= 0.6 is 23.4 Å². The Hall–Kier alpha value is -2.97. The predicted octanol–water partition coefficient (Wildman–Crippen LogP) is 5.51. The molecule has 3 amide bonds. The third-order valence-corrected chi connectivity index (χ3v) is 5.82. The molecule has 0 spiro atoms. The second-order valence-electron chi connectivity index (χ2n) is 7.61. The monoisotopic (exact) mass is 488 g/mol. The van der Waals surface area contributed by atoms with Crippen LogP contribution in [0, 0.1) is 6.92 Å². The van der Waals surface area contributed by atoms with Gasteiger partial charge in [0.05, 0.1) is 16.5 Å². The molecule has 33 heavy (non-hydrogen) atoms. The lowest BCUT2D eigenvalue weighted by Gasteiger charge is -2.16. The van der Waals surface area contributed by atoms with Crippen LogP contribution in [0.25, 0.3) is 6.08 Å². The minimum atomic E-state index is -0.345. The number of anilines is 1. The fourth-order valence-electron chi connectivity index (χ4n) is 3.12. The molecule has 2 aromatic carbocycles. The highest BCUT2D eigenvalue weighted by atomic mass is 35.5. The second kappa shape index (κ2) is 10.8. The minimum absolute atomic E-state index is 0.221. The maximum atomic E-state index is 12.6. The molecule has 0 unspecified atom stereocenters. The first-order chi connectivity index (χ1) is 15.7. The summed E-state index contributed by atoms with van der Waals surface area (Å²) < 4.78 is 11.3. The third-order valence-electron chi connectivity index (χ3n) is 4.65. The van der Waals surface area contributed by atoms with Gasteiger partial charge in [0.2, 0.25) is 0 Å². The van der Waals surface area contributed by atoms with E-state index in [1.807, 2.05) is 38.1 Å². The zero-order chi connectivity index (χ0) is 24.1. The molecule has 7 nitrogen and oxygen atoms in total. The molecule has 2 aromatic rings. The van der Waals surface area contributed by atoms with Crippen LogP contribution in [0.5, 0.6) is 11.5 Å². The Morgan fingerprint density at radius 3 is 2.48 bits per heavy atom. The highest BCUT2D eigenvalue weighted by Gasteiger charge is 2.36. The maximum absolute atomic E-state index is 12.6. The fourth-order valence-corrected chi connectivity index (χ4v) is 4.36. The summed E-state index contributed by atoms with van der Waals surface area (Å²) in [4.78, 5) is 38.5. The topological polar surface area (TPSA) is 84.9 Å². The van der Waals surface area contributed by atoms with E-state index in [1.165, 1.54) is 4.90 Å². The fraction of sp³-hybridized carbons (Fsp3) is 0.292. The van der Waals surface area contributed by atoms with Gasteiger partial charge in [0.25, 0.3) is 17.1 Å². The first-order valence-electron chi connectivity index (χ1n) is 10.4. The van der Waals surface area contributed by atoms with Gasteiger partial charge in [-0.2, -0.15) is 0 Å². The van der Waals surface area contributed by atoms with Gasteiger partial charge >= 0.3 is 0 Å². The lowest BCUT2D eigenvalue weighted by molar-refractivity contribution is -0.123. The molecule has 0 radical (unpaired) electrons. The van der Waals surface area contributed by atoms with E-state index in [1.54, 1.807) is 32.1 Å². The predicted molar refractivity (Wildman–Crippen MR) is 131 cm³/mol. The average Bonchev–Trinajstić information content (AvgIpc) is 3.02. The first kappa shape index (κ1) is 24.7. The number of rotatable bonds is 8. The molecule has 1 aliphatic rings. The summed E-state index contributed by atoms with van der Waals surface area (Å²) in [6.45, 7) is 7.42. The number of carbonyl (C=O) groups is 3. The van der Waals surface area contributed by atoms with E-state index >= 15 is 0 Å². The summed E-state index contributed by atoms with van der Waals surface area (Å²) in [6, 6.07) is 10.4. The smallest absolute Gasteiger partial charge is 0.293 e. The first-order valence-corrected chi connectivity index (χ1v) is 11.6. The Morgan fingerprint density at radius 2 is 1.88 bits per heavy atom. The molecular weight excluding hydrogens is 464 g/mol. The van der Waals surface area contributed by atoms with Crippen LogP contribution in [-0.2, 0) is 9.59 Å². The van der Waals surface area contributed by atoms with Crippen molar-refractivity contribution in [3.63, 3.8) is 0 Å². The lowest BCUT2D eigenvalue weighted by atomic mass is 10.1. The Kier molecular flexibility index (Phi) is 8.05. The lowest BCUT2D eigenvalue weighted by Crippen LogP contribution is -2.34. The van der Waals surface area contributed by atoms with E-state index in [2.05, 4.69) is 5.32 Å². The van der Waals surface area contributed by atoms with Crippen molar-refractivity contribution >= 4 is 52.2 Å². The van der Waals surface area contributed by atoms with Crippen molar-refractivity contribution < 1.29 is 23.9 Å². The number of benzene rings is 2. The third kappa shape index (κ3) is 6.09. The summed E-state index contributed by atoms with van der Waals surface area (Å²) in [5.41, 5.74) is 2.33. The molecule has 1 heterocycles. The highest BCUT2D eigenvalue weighted by Crippen LogP contribution is 2.39. The normalized spacial score (nSPS) is 14.8. The zero-order valence-corrected chi connectivity index (χ0v) is 20.4. The number of nitrogens with one attached hydrogen (secondary N) is 1. The zero-order valence-electron chi connectivity index (χ0n) is 18.8. The molecule has 1 aliphatic heterocycles. The molecule has 0 atom stereocenters. The van der Waals surface area contributed by atoms with E-state index in [-0.39, 0.29) is 40.5 Å². The van der Waals surface area contributed by atoms with Gasteiger partial charge in [0.1, 0.15) is 0 Å². The number of aryl methyl sites for hydroxylation is 1. The quantitative estimate of drug-likeness (QED) is 0.493. The van der Waals surface area contributed by atoms with E-state index in [4.69, 9.17) is 21.1 Å². The molecule has 0 aliphatic carbocycles. The number of ether oxygens (including phenoxy) is 2. The van der Waals surface area contributed by atoms with Gasteiger partial charge in [-0.15, -0.1) is 0 Å². The molecule has 9 heteroatoms. The van der Waals surface area contributed by atoms with Crippen LogP contribution in [0.2, 0.25) is 5.02 Å². The van der Waals surface area contributed by atoms with Crippen molar-refractivity contribution in [2.24, 2.45) is 0 Å². The van der Waals surface area contributed by atoms with Crippen LogP contribution in [-0.4, -0.2) is 41.2 Å². The van der Waals surface area contributed by atoms with Gasteiger partial charge in [-0.1, -0.05) is 29.3 Å². The van der Waals surface area contributed by atoms with Crippen LogP contribution in [0.3, 0.4) is 0 Å². The van der Waals surface area contributed by atoms with E-state index in [9.17, 15) is 14.4 Å². The summed E-state index contributed by atoms with van der Waals surface area (Å²) in [5, 5.41) is 2.67. The maximum Gasteiger partial charge on any atom is 0.293 e. The number of nitrogens with zero attached hydrogens (tertiary/aromatic N) is 1. The van der Waals surface area contributed by atoms with Gasteiger partial charge in [-0.25, -0.2) is 0 Å². The van der Waals surface area contributed by atoms with Crippen molar-refractivity contribution in [3.05, 3.63) is 57.5 Å². The van der Waals surface area contributed by atoms with Gasteiger partial charge in [0, 0.05) is 11.7 Å². The second-order valence-corrected chi connectivity index (χ2v) is 9.01. The van der Waals surface area contributed by atoms with E-state index < -0.39 is 0 Å². The van der Waals surface area contributed by atoms with Crippen LogP contribution < -0.4 is 14.8 Å². The van der Waals surface area contributed by atoms with Crippen LogP contribution in [0.1, 0.15) is 31.9 Å². The average molecular weight is 489 g/mol. The summed E-state index contributed by atoms with van der Waals surface area (Å²) in [7, 11) is 0. The Balaban J connectivity index is 1.77. The van der Waals surface area contributed by atoms with Crippen LogP contribution in [0.15, 0.2) is 41.3 Å². The van der Waals surface area contributed by atoms with E-state index in [0.29, 0.717) is 28.5 Å². The Bertz CT molecular complexity index is 1100. The van der Waals surface area contributed by atoms with Crippen LogP contribution in [0.4, 0.5) is 10.5 Å². The standard InChI is InChI=1S/C24H25ClN2O5S/c1-5-31-19-11-16(12-20-23(29)27(14(2)3)24(30)33-20)10-18(25)22(19)32-13-21(28)26-17-8-6-15(4)7-9-17/h6-12,14H,5,13H2,1-4H3,(H,26,28)/b20-12+. The number of carbonyl (C=O) groups excluding carboxylic acids is 3. The number of hydrogen-bond donors (Lipinski definition) is 1. The number of amides is 3. The van der Waals surface area contributed by atoms with Gasteiger partial charge in [-0.05, 0) is 75.4 Å². The van der Waals surface area contributed by atoms with E-state index in [0.717, 1.165) is 17.3 Å². The van der Waals surface area contributed by atoms with Crippen molar-refractivity contribution in [3.8, 4) is 11.5 Å². The number of imide groups is 1. The van der Waals surface area contributed by atoms with Crippen molar-refractivity contribution in [2.75, 3.05) is 18.5 Å². The van der Waals surface area contributed by atoms with Gasteiger partial charge in [0.15, 0.2) is 18.1 Å². The van der Waals surface area contributed by atoms with Gasteiger partial charge in [-0.3, -0.25) is 19.3 Å². The molecule has 3 rings (SSSR count). The SMILES string of the molecule is CCOc1cc(/C=C2/SC(=O)N(C(C)C)C2=O)cc(Cl)c1OCC(=O)Nc1ccc(C)cc1. The molecule has 1 saturated heterocycles. The highest BCUT2D eigenvalue weighted by molar-refractivity contribution is 8.18. The molecule has 0 saturated carbocycles.